The molecule has 2 aromatic heterocycles. The van der Waals surface area contributed by atoms with E-state index in [1.807, 2.05) is 18.5 Å². The summed E-state index contributed by atoms with van der Waals surface area (Å²) in [5.41, 5.74) is 5.99. The van der Waals surface area contributed by atoms with Crippen molar-refractivity contribution in [3.63, 3.8) is 0 Å². The summed E-state index contributed by atoms with van der Waals surface area (Å²) in [6.45, 7) is 7.27. The van der Waals surface area contributed by atoms with Gasteiger partial charge in [0, 0.05) is 49.0 Å². The van der Waals surface area contributed by atoms with Crippen molar-refractivity contribution in [1.82, 2.24) is 30.0 Å². The minimum atomic E-state index is -0.222. The number of hydrogen-bond acceptors (Lipinski definition) is 8. The normalized spacial score (nSPS) is 20.8. The molecular weight excluding hydrogens is 408 g/mol. The zero-order valence-corrected chi connectivity index (χ0v) is 18.4. The van der Waals surface area contributed by atoms with Crippen LogP contribution in [0.2, 0.25) is 0 Å². The van der Waals surface area contributed by atoms with E-state index >= 15 is 0 Å². The first-order valence-electron chi connectivity index (χ1n) is 10.7. The molecule has 4 heterocycles. The van der Waals surface area contributed by atoms with Crippen LogP contribution in [0, 0.1) is 6.92 Å². The van der Waals surface area contributed by atoms with Gasteiger partial charge in [-0.1, -0.05) is 6.07 Å². The highest BCUT2D eigenvalue weighted by molar-refractivity contribution is 5.94. The van der Waals surface area contributed by atoms with E-state index in [-0.39, 0.29) is 12.0 Å². The SMILES string of the molecule is COc1ncc(-n2cc(CN3C[C@@H](c4ccc5c(c4C)COC5=O)N[C@@H](C)C3)cn2)cn1. The van der Waals surface area contributed by atoms with Crippen LogP contribution in [0.3, 0.4) is 0 Å². The van der Waals surface area contributed by atoms with Crippen LogP contribution < -0.4 is 10.1 Å². The van der Waals surface area contributed by atoms with E-state index in [0.717, 1.165) is 42.0 Å². The number of fused-ring (bicyclic) bond motifs is 1. The van der Waals surface area contributed by atoms with E-state index < -0.39 is 0 Å². The summed E-state index contributed by atoms with van der Waals surface area (Å²) in [6.07, 6.45) is 7.28. The van der Waals surface area contributed by atoms with Crippen LogP contribution in [0.25, 0.3) is 5.69 Å². The number of carbonyl (C=O) groups is 1. The highest BCUT2D eigenvalue weighted by Gasteiger charge is 2.30. The Balaban J connectivity index is 1.31. The smallest absolute Gasteiger partial charge is 0.338 e. The second-order valence-corrected chi connectivity index (χ2v) is 8.42. The van der Waals surface area contributed by atoms with Crippen LogP contribution in [0.1, 0.15) is 45.6 Å². The van der Waals surface area contributed by atoms with Crippen LogP contribution in [-0.4, -0.2) is 56.9 Å². The Hall–Kier alpha value is -3.30. The quantitative estimate of drug-likeness (QED) is 0.611. The standard InChI is InChI=1S/C23H26N6O3/c1-14-9-28(10-16-6-26-29(11-16)17-7-24-23(31-3)25-8-17)12-21(27-14)18-4-5-19-20(15(18)2)13-32-22(19)30/h4-8,11,14,21,27H,9-10,12-13H2,1-3H3/t14-,21-/m0/s1. The summed E-state index contributed by atoms with van der Waals surface area (Å²) in [7, 11) is 1.54. The summed E-state index contributed by atoms with van der Waals surface area (Å²) in [6, 6.07) is 4.82. The fourth-order valence-corrected chi connectivity index (χ4v) is 4.61. The van der Waals surface area contributed by atoms with Gasteiger partial charge in [-0.15, -0.1) is 0 Å². The third kappa shape index (κ3) is 3.85. The fraction of sp³-hybridized carbons (Fsp3) is 0.391. The average Bonchev–Trinajstić information content (AvgIpc) is 3.41. The Labute approximate surface area is 186 Å². The molecule has 0 spiro atoms. The molecule has 1 fully saturated rings. The third-order valence-corrected chi connectivity index (χ3v) is 6.15. The van der Waals surface area contributed by atoms with Gasteiger partial charge in [0.15, 0.2) is 0 Å². The maximum Gasteiger partial charge on any atom is 0.338 e. The molecular formula is C23H26N6O3. The van der Waals surface area contributed by atoms with Gasteiger partial charge in [0.2, 0.25) is 0 Å². The first kappa shape index (κ1) is 20.6. The third-order valence-electron chi connectivity index (χ3n) is 6.15. The van der Waals surface area contributed by atoms with Crippen LogP contribution in [0.4, 0.5) is 0 Å². The van der Waals surface area contributed by atoms with Crippen LogP contribution in [-0.2, 0) is 17.9 Å². The Kier molecular flexibility index (Phi) is 5.36. The lowest BCUT2D eigenvalue weighted by atomic mass is 9.92. The van der Waals surface area contributed by atoms with Gasteiger partial charge in [-0.3, -0.25) is 4.90 Å². The number of methoxy groups -OCH3 is 1. The molecule has 2 atom stereocenters. The summed E-state index contributed by atoms with van der Waals surface area (Å²) in [5, 5.41) is 8.19. The largest absolute Gasteiger partial charge is 0.467 e. The van der Waals surface area contributed by atoms with Gasteiger partial charge in [0.1, 0.15) is 12.3 Å². The Morgan fingerprint density at radius 2 is 2.03 bits per heavy atom. The molecule has 3 aromatic rings. The highest BCUT2D eigenvalue weighted by atomic mass is 16.5. The minimum Gasteiger partial charge on any atom is -0.467 e. The first-order chi connectivity index (χ1) is 15.5. The second kappa shape index (κ2) is 8.33. The molecule has 9 nitrogen and oxygen atoms in total. The molecule has 0 unspecified atom stereocenters. The first-order valence-corrected chi connectivity index (χ1v) is 10.7. The van der Waals surface area contributed by atoms with Gasteiger partial charge < -0.3 is 14.8 Å². The molecule has 166 valence electrons. The molecule has 2 aliphatic heterocycles. The van der Waals surface area contributed by atoms with E-state index in [1.165, 1.54) is 5.56 Å². The number of hydrogen-bond donors (Lipinski definition) is 1. The molecule has 0 bridgehead atoms. The Morgan fingerprint density at radius 3 is 2.81 bits per heavy atom. The van der Waals surface area contributed by atoms with Crippen molar-refractivity contribution in [3.8, 4) is 11.7 Å². The molecule has 5 rings (SSSR count). The van der Waals surface area contributed by atoms with Crippen LogP contribution >= 0.6 is 0 Å². The summed E-state index contributed by atoms with van der Waals surface area (Å²) >= 11 is 0. The van der Waals surface area contributed by atoms with Crippen molar-refractivity contribution in [2.75, 3.05) is 20.2 Å². The van der Waals surface area contributed by atoms with Gasteiger partial charge in [-0.25, -0.2) is 19.4 Å². The zero-order valence-electron chi connectivity index (χ0n) is 18.4. The van der Waals surface area contributed by atoms with Crippen molar-refractivity contribution in [2.45, 2.75) is 39.1 Å². The van der Waals surface area contributed by atoms with E-state index in [0.29, 0.717) is 24.2 Å². The molecule has 9 heteroatoms. The van der Waals surface area contributed by atoms with E-state index in [2.05, 4.69) is 45.2 Å². The maximum absolute atomic E-state index is 11.9. The number of esters is 1. The summed E-state index contributed by atoms with van der Waals surface area (Å²) < 4.78 is 12.0. The van der Waals surface area contributed by atoms with E-state index in [4.69, 9.17) is 9.47 Å². The maximum atomic E-state index is 11.9. The molecule has 0 amide bonds. The molecule has 2 aliphatic rings. The van der Waals surface area contributed by atoms with E-state index in [9.17, 15) is 4.79 Å². The number of aromatic nitrogens is 4. The zero-order chi connectivity index (χ0) is 22.2. The number of nitrogens with zero attached hydrogens (tertiary/aromatic N) is 5. The van der Waals surface area contributed by atoms with Crippen molar-refractivity contribution in [3.05, 3.63) is 64.7 Å². The van der Waals surface area contributed by atoms with E-state index in [1.54, 1.807) is 24.2 Å². The van der Waals surface area contributed by atoms with Crippen molar-refractivity contribution >= 4 is 5.97 Å². The molecule has 32 heavy (non-hydrogen) atoms. The van der Waals surface area contributed by atoms with Crippen LogP contribution in [0.5, 0.6) is 6.01 Å². The fourth-order valence-electron chi connectivity index (χ4n) is 4.61. The second-order valence-electron chi connectivity index (χ2n) is 8.42. The summed E-state index contributed by atoms with van der Waals surface area (Å²) in [4.78, 5) is 22.6. The number of benzene rings is 1. The molecule has 1 aromatic carbocycles. The Bertz CT molecular complexity index is 1140. The molecule has 1 N–H and O–H groups in total. The highest BCUT2D eigenvalue weighted by Crippen LogP contribution is 2.31. The van der Waals surface area contributed by atoms with Gasteiger partial charge >= 0.3 is 12.0 Å². The number of nitrogens with one attached hydrogen (secondary N) is 1. The number of cyclic esters (lactones) is 1. The molecule has 1 saturated heterocycles. The number of carbonyl (C=O) groups excluding carboxylic acids is 1. The van der Waals surface area contributed by atoms with Crippen molar-refractivity contribution < 1.29 is 14.3 Å². The van der Waals surface area contributed by atoms with Gasteiger partial charge in [0.25, 0.3) is 0 Å². The predicted octanol–water partition coefficient (Wildman–Crippen LogP) is 2.18. The average molecular weight is 435 g/mol. The number of rotatable bonds is 5. The van der Waals surface area contributed by atoms with Gasteiger partial charge in [-0.05, 0) is 31.0 Å². The van der Waals surface area contributed by atoms with Crippen molar-refractivity contribution in [1.29, 1.82) is 0 Å². The lowest BCUT2D eigenvalue weighted by Crippen LogP contribution is -2.50. The predicted molar refractivity (Wildman–Crippen MR) is 117 cm³/mol. The number of piperazine rings is 1. The molecule has 0 saturated carbocycles. The lowest BCUT2D eigenvalue weighted by molar-refractivity contribution is 0.0535. The van der Waals surface area contributed by atoms with Crippen molar-refractivity contribution in [2.24, 2.45) is 0 Å². The van der Waals surface area contributed by atoms with Crippen LogP contribution in [0.15, 0.2) is 36.9 Å². The number of ether oxygens (including phenoxy) is 2. The Morgan fingerprint density at radius 1 is 1.22 bits per heavy atom. The minimum absolute atomic E-state index is 0.185. The topological polar surface area (TPSA) is 94.4 Å². The van der Waals surface area contributed by atoms with Gasteiger partial charge in [-0.2, -0.15) is 5.10 Å². The van der Waals surface area contributed by atoms with Gasteiger partial charge in [0.05, 0.1) is 31.3 Å². The molecule has 0 aliphatic carbocycles. The summed E-state index contributed by atoms with van der Waals surface area (Å²) in [5.74, 6) is -0.222. The monoisotopic (exact) mass is 434 g/mol. The lowest BCUT2D eigenvalue weighted by Gasteiger charge is -2.38. The molecule has 0 radical (unpaired) electrons.